The summed E-state index contributed by atoms with van der Waals surface area (Å²) >= 11 is 0. The number of anilines is 1. The minimum Gasteiger partial charge on any atom is -0.385 e. The fourth-order valence-electron chi connectivity index (χ4n) is 2.58. The summed E-state index contributed by atoms with van der Waals surface area (Å²) in [5, 5.41) is 3.26. The fraction of sp³-hybridized carbons (Fsp3) is 0.250. The lowest BCUT2D eigenvalue weighted by Gasteiger charge is -2.21. The molecule has 2 N–H and O–H groups in total. The first-order valence-corrected chi connectivity index (χ1v) is 8.54. The molecule has 0 fully saturated rings. The average molecular weight is 302 g/mol. The van der Waals surface area contributed by atoms with Crippen molar-refractivity contribution in [3.8, 4) is 0 Å². The Balaban J connectivity index is 1.85. The first-order chi connectivity index (χ1) is 10.2. The second-order valence-electron chi connectivity index (χ2n) is 5.12. The molecule has 0 amide bonds. The Labute approximate surface area is 125 Å². The summed E-state index contributed by atoms with van der Waals surface area (Å²) < 4.78 is 27.8. The lowest BCUT2D eigenvalue weighted by Crippen LogP contribution is -2.25. The van der Waals surface area contributed by atoms with Gasteiger partial charge in [0.2, 0.25) is 10.0 Å². The van der Waals surface area contributed by atoms with Gasteiger partial charge in [0.25, 0.3) is 0 Å². The van der Waals surface area contributed by atoms with E-state index < -0.39 is 10.0 Å². The van der Waals surface area contributed by atoms with E-state index in [9.17, 15) is 8.42 Å². The highest BCUT2D eigenvalue weighted by Crippen LogP contribution is 2.28. The van der Waals surface area contributed by atoms with E-state index in [0.717, 1.165) is 36.2 Å². The van der Waals surface area contributed by atoms with Gasteiger partial charge in [-0.2, -0.15) is 0 Å². The lowest BCUT2D eigenvalue weighted by atomic mass is 10.0. The van der Waals surface area contributed by atoms with Crippen molar-refractivity contribution < 1.29 is 8.42 Å². The van der Waals surface area contributed by atoms with E-state index in [1.165, 1.54) is 0 Å². The van der Waals surface area contributed by atoms with Gasteiger partial charge in [0.1, 0.15) is 0 Å². The highest BCUT2D eigenvalue weighted by atomic mass is 32.2. The third kappa shape index (κ3) is 3.09. The number of rotatable bonds is 4. The van der Waals surface area contributed by atoms with Crippen molar-refractivity contribution in [3.63, 3.8) is 0 Å². The van der Waals surface area contributed by atoms with Crippen LogP contribution in [0.15, 0.2) is 53.4 Å². The second-order valence-corrected chi connectivity index (χ2v) is 6.86. The van der Waals surface area contributed by atoms with Crippen molar-refractivity contribution in [1.29, 1.82) is 0 Å². The summed E-state index contributed by atoms with van der Waals surface area (Å²) in [7, 11) is -3.49. The van der Waals surface area contributed by atoms with Crippen LogP contribution in [-0.2, 0) is 23.0 Å². The number of hydrogen-bond acceptors (Lipinski definition) is 3. The van der Waals surface area contributed by atoms with Crippen LogP contribution in [0, 0.1) is 0 Å². The Hall–Kier alpha value is -1.85. The van der Waals surface area contributed by atoms with Crippen molar-refractivity contribution in [1.82, 2.24) is 4.72 Å². The zero-order chi connectivity index (χ0) is 14.7. The summed E-state index contributed by atoms with van der Waals surface area (Å²) in [6, 6.07) is 14.9. The predicted molar refractivity (Wildman–Crippen MR) is 83.7 cm³/mol. The van der Waals surface area contributed by atoms with Crippen molar-refractivity contribution in [3.05, 3.63) is 59.7 Å². The molecule has 0 spiro atoms. The molecule has 21 heavy (non-hydrogen) atoms. The number of sulfonamides is 1. The Morgan fingerprint density at radius 3 is 2.67 bits per heavy atom. The first kappa shape index (κ1) is 14.1. The largest absolute Gasteiger partial charge is 0.385 e. The summed E-state index contributed by atoms with van der Waals surface area (Å²) in [5.74, 6) is 0. The molecule has 0 unspecified atom stereocenters. The van der Waals surface area contributed by atoms with Crippen molar-refractivity contribution in [2.75, 3.05) is 11.9 Å². The van der Waals surface area contributed by atoms with Gasteiger partial charge in [-0.15, -0.1) is 0 Å². The molecule has 2 aromatic carbocycles. The van der Waals surface area contributed by atoms with E-state index in [-0.39, 0.29) is 0 Å². The van der Waals surface area contributed by atoms with Crippen molar-refractivity contribution >= 4 is 15.7 Å². The van der Waals surface area contributed by atoms with E-state index >= 15 is 0 Å². The molecular formula is C16H18N2O2S. The third-order valence-corrected chi connectivity index (χ3v) is 5.14. The van der Waals surface area contributed by atoms with Crippen LogP contribution in [0.2, 0.25) is 0 Å². The van der Waals surface area contributed by atoms with Crippen LogP contribution in [0.1, 0.15) is 17.5 Å². The predicted octanol–water partition coefficient (Wildman–Crippen LogP) is 2.52. The molecule has 5 heteroatoms. The molecule has 2 aromatic rings. The lowest BCUT2D eigenvalue weighted by molar-refractivity contribution is 0.579. The molecule has 0 saturated carbocycles. The zero-order valence-electron chi connectivity index (χ0n) is 11.7. The maximum Gasteiger partial charge on any atom is 0.241 e. The van der Waals surface area contributed by atoms with E-state index in [0.29, 0.717) is 11.4 Å². The molecular weight excluding hydrogens is 284 g/mol. The van der Waals surface area contributed by atoms with Gasteiger partial charge < -0.3 is 5.32 Å². The Kier molecular flexibility index (Phi) is 3.94. The van der Waals surface area contributed by atoms with E-state index in [1.807, 2.05) is 36.4 Å². The molecule has 3 rings (SSSR count). The number of hydrogen-bond donors (Lipinski definition) is 2. The Morgan fingerprint density at radius 2 is 1.86 bits per heavy atom. The first-order valence-electron chi connectivity index (χ1n) is 7.06. The van der Waals surface area contributed by atoms with Gasteiger partial charge in [0.15, 0.2) is 0 Å². The molecule has 4 nitrogen and oxygen atoms in total. The normalized spacial score (nSPS) is 14.3. The van der Waals surface area contributed by atoms with Gasteiger partial charge in [-0.1, -0.05) is 36.4 Å². The molecule has 0 aliphatic carbocycles. The van der Waals surface area contributed by atoms with E-state index in [4.69, 9.17) is 0 Å². The molecule has 0 saturated heterocycles. The Bertz CT molecular complexity index is 727. The van der Waals surface area contributed by atoms with Crippen molar-refractivity contribution in [2.24, 2.45) is 0 Å². The number of fused-ring (bicyclic) bond motifs is 1. The van der Waals surface area contributed by atoms with Crippen LogP contribution >= 0.6 is 0 Å². The van der Waals surface area contributed by atoms with Crippen LogP contribution in [0.25, 0.3) is 0 Å². The summed E-state index contributed by atoms with van der Waals surface area (Å²) in [6.45, 7) is 1.20. The van der Waals surface area contributed by atoms with Crippen LogP contribution in [-0.4, -0.2) is 15.0 Å². The average Bonchev–Trinajstić information content (AvgIpc) is 2.53. The van der Waals surface area contributed by atoms with Gasteiger partial charge in [-0.25, -0.2) is 13.1 Å². The molecule has 110 valence electrons. The number of benzene rings is 2. The molecule has 0 aromatic heterocycles. The smallest absolute Gasteiger partial charge is 0.241 e. The maximum absolute atomic E-state index is 12.5. The fourth-order valence-corrected chi connectivity index (χ4v) is 3.89. The van der Waals surface area contributed by atoms with Gasteiger partial charge in [0, 0.05) is 18.8 Å². The minimum atomic E-state index is -3.49. The van der Waals surface area contributed by atoms with Crippen LogP contribution in [0.3, 0.4) is 0 Å². The molecule has 0 radical (unpaired) electrons. The van der Waals surface area contributed by atoms with E-state index in [2.05, 4.69) is 10.0 Å². The van der Waals surface area contributed by atoms with Crippen molar-refractivity contribution in [2.45, 2.75) is 24.3 Å². The molecule has 0 bridgehead atoms. The second kappa shape index (κ2) is 5.87. The minimum absolute atomic E-state index is 0.306. The molecule has 1 aliphatic heterocycles. The van der Waals surface area contributed by atoms with Gasteiger partial charge in [-0.3, -0.25) is 0 Å². The van der Waals surface area contributed by atoms with Gasteiger partial charge in [-0.05, 0) is 36.1 Å². The van der Waals surface area contributed by atoms with Gasteiger partial charge in [0.05, 0.1) is 4.90 Å². The van der Waals surface area contributed by atoms with Crippen LogP contribution in [0.4, 0.5) is 5.69 Å². The summed E-state index contributed by atoms with van der Waals surface area (Å²) in [6.07, 6.45) is 1.75. The third-order valence-electron chi connectivity index (χ3n) is 3.65. The standard InChI is InChI=1S/C16H18N2O2S/c19-21(20,18-12-13-6-2-1-3-7-13)16-10-4-9-15-14(16)8-5-11-17-15/h1-4,6-7,9-10,17-18H,5,8,11-12H2. The van der Waals surface area contributed by atoms with Crippen LogP contribution < -0.4 is 10.0 Å². The van der Waals surface area contributed by atoms with E-state index in [1.54, 1.807) is 12.1 Å². The monoisotopic (exact) mass is 302 g/mol. The quantitative estimate of drug-likeness (QED) is 0.912. The SMILES string of the molecule is O=S(=O)(NCc1ccccc1)c1cccc2c1CCCN2. The highest BCUT2D eigenvalue weighted by molar-refractivity contribution is 7.89. The highest BCUT2D eigenvalue weighted by Gasteiger charge is 2.21. The zero-order valence-corrected chi connectivity index (χ0v) is 12.5. The van der Waals surface area contributed by atoms with Gasteiger partial charge >= 0.3 is 0 Å². The Morgan fingerprint density at radius 1 is 1.05 bits per heavy atom. The molecule has 1 heterocycles. The maximum atomic E-state index is 12.5. The number of nitrogens with one attached hydrogen (secondary N) is 2. The molecule has 1 aliphatic rings. The molecule has 0 atom stereocenters. The summed E-state index contributed by atoms with van der Waals surface area (Å²) in [5.41, 5.74) is 2.78. The summed E-state index contributed by atoms with van der Waals surface area (Å²) in [4.78, 5) is 0.392. The topological polar surface area (TPSA) is 58.2 Å². The van der Waals surface area contributed by atoms with Crippen LogP contribution in [0.5, 0.6) is 0 Å².